The highest BCUT2D eigenvalue weighted by atomic mass is 16.4. The van der Waals surface area contributed by atoms with Gasteiger partial charge in [0.15, 0.2) is 0 Å². The van der Waals surface area contributed by atoms with Gasteiger partial charge in [-0.05, 0) is 25.7 Å². The fourth-order valence-corrected chi connectivity index (χ4v) is 3.23. The molecule has 0 bridgehead atoms. The second-order valence-corrected chi connectivity index (χ2v) is 5.79. The molecular weight excluding hydrogens is 220 g/mol. The summed E-state index contributed by atoms with van der Waals surface area (Å²) in [4.78, 5) is 13.8. The zero-order chi connectivity index (χ0) is 12.1. The molecule has 2 heterocycles. The molecule has 96 valence electrons. The molecule has 3 rings (SSSR count). The van der Waals surface area contributed by atoms with Crippen LogP contribution in [0.1, 0.15) is 25.7 Å². The molecule has 0 radical (unpaired) electrons. The van der Waals surface area contributed by atoms with E-state index >= 15 is 0 Å². The SMILES string of the molecule is O=C(O)C1(C2(O)CCN(C3CC3)CC2)CNC1. The third-order valence-electron chi connectivity index (χ3n) is 4.84. The second kappa shape index (κ2) is 3.67. The molecule has 0 aromatic carbocycles. The Balaban J connectivity index is 1.71. The first-order valence-electron chi connectivity index (χ1n) is 6.48. The van der Waals surface area contributed by atoms with Crippen LogP contribution in [0.2, 0.25) is 0 Å². The third-order valence-corrected chi connectivity index (χ3v) is 4.84. The summed E-state index contributed by atoms with van der Waals surface area (Å²) in [6, 6.07) is 0.708. The monoisotopic (exact) mass is 240 g/mol. The van der Waals surface area contributed by atoms with Crippen molar-refractivity contribution in [3.8, 4) is 0 Å². The first-order chi connectivity index (χ1) is 8.07. The third kappa shape index (κ3) is 1.60. The Morgan fingerprint density at radius 1 is 1.24 bits per heavy atom. The Kier molecular flexibility index (Phi) is 2.47. The normalized spacial score (nSPS) is 31.8. The van der Waals surface area contributed by atoms with Gasteiger partial charge in [-0.15, -0.1) is 0 Å². The van der Waals surface area contributed by atoms with Gasteiger partial charge in [0, 0.05) is 32.2 Å². The minimum absolute atomic E-state index is 0.405. The van der Waals surface area contributed by atoms with Crippen molar-refractivity contribution in [1.29, 1.82) is 0 Å². The smallest absolute Gasteiger partial charge is 0.315 e. The first-order valence-corrected chi connectivity index (χ1v) is 6.48. The fourth-order valence-electron chi connectivity index (χ4n) is 3.23. The van der Waals surface area contributed by atoms with Crippen LogP contribution in [-0.4, -0.2) is 58.9 Å². The molecule has 0 aromatic rings. The zero-order valence-corrected chi connectivity index (χ0v) is 9.98. The molecule has 5 heteroatoms. The standard InChI is InChI=1S/C12H20N2O3/c15-10(16)11(7-13-8-11)12(17)3-5-14(6-4-12)9-1-2-9/h9,13,17H,1-8H2,(H,15,16). The Morgan fingerprint density at radius 3 is 2.18 bits per heavy atom. The molecule has 0 atom stereocenters. The molecule has 0 unspecified atom stereocenters. The van der Waals surface area contributed by atoms with Gasteiger partial charge in [-0.1, -0.05) is 0 Å². The van der Waals surface area contributed by atoms with Gasteiger partial charge in [-0.25, -0.2) is 0 Å². The van der Waals surface area contributed by atoms with E-state index in [9.17, 15) is 15.0 Å². The largest absolute Gasteiger partial charge is 0.481 e. The number of carboxylic acid groups (broad SMARTS) is 1. The van der Waals surface area contributed by atoms with Crippen molar-refractivity contribution in [3.63, 3.8) is 0 Å². The Labute approximate surface area is 101 Å². The molecule has 3 fully saturated rings. The lowest BCUT2D eigenvalue weighted by molar-refractivity contribution is -0.187. The van der Waals surface area contributed by atoms with Gasteiger partial charge in [0.1, 0.15) is 5.41 Å². The van der Waals surface area contributed by atoms with Crippen molar-refractivity contribution in [1.82, 2.24) is 10.2 Å². The van der Waals surface area contributed by atoms with Gasteiger partial charge in [0.25, 0.3) is 0 Å². The van der Waals surface area contributed by atoms with Gasteiger partial charge < -0.3 is 20.4 Å². The summed E-state index contributed by atoms with van der Waals surface area (Å²) in [6.45, 7) is 2.50. The van der Waals surface area contributed by atoms with Crippen LogP contribution >= 0.6 is 0 Å². The quantitative estimate of drug-likeness (QED) is 0.629. The molecule has 17 heavy (non-hydrogen) atoms. The summed E-state index contributed by atoms with van der Waals surface area (Å²) >= 11 is 0. The average Bonchev–Trinajstić information content (AvgIpc) is 2.99. The number of carbonyl (C=O) groups is 1. The lowest BCUT2D eigenvalue weighted by atomic mass is 9.63. The number of hydrogen-bond donors (Lipinski definition) is 3. The van der Waals surface area contributed by atoms with E-state index in [1.165, 1.54) is 12.8 Å². The van der Waals surface area contributed by atoms with Gasteiger partial charge in [0.05, 0.1) is 5.60 Å². The van der Waals surface area contributed by atoms with E-state index < -0.39 is 17.0 Å². The summed E-state index contributed by atoms with van der Waals surface area (Å²) in [5.74, 6) is -0.848. The highest BCUT2D eigenvalue weighted by molar-refractivity contribution is 5.78. The van der Waals surface area contributed by atoms with E-state index in [0.717, 1.165) is 13.1 Å². The van der Waals surface area contributed by atoms with Crippen molar-refractivity contribution in [2.45, 2.75) is 37.3 Å². The van der Waals surface area contributed by atoms with E-state index in [2.05, 4.69) is 10.2 Å². The van der Waals surface area contributed by atoms with Crippen molar-refractivity contribution >= 4 is 5.97 Å². The minimum Gasteiger partial charge on any atom is -0.481 e. The predicted molar refractivity (Wildman–Crippen MR) is 61.7 cm³/mol. The van der Waals surface area contributed by atoms with Crippen LogP contribution in [-0.2, 0) is 4.79 Å². The zero-order valence-electron chi connectivity index (χ0n) is 9.98. The summed E-state index contributed by atoms with van der Waals surface area (Å²) in [6.07, 6.45) is 3.73. The number of piperidine rings is 1. The Bertz CT molecular complexity index is 329. The maximum absolute atomic E-state index is 11.4. The van der Waals surface area contributed by atoms with Gasteiger partial charge >= 0.3 is 5.97 Å². The maximum atomic E-state index is 11.4. The molecule has 3 N–H and O–H groups in total. The Hall–Kier alpha value is -0.650. The molecule has 3 aliphatic rings. The van der Waals surface area contributed by atoms with Crippen LogP contribution in [0.25, 0.3) is 0 Å². The maximum Gasteiger partial charge on any atom is 0.315 e. The Morgan fingerprint density at radius 2 is 1.82 bits per heavy atom. The van der Waals surface area contributed by atoms with E-state index in [4.69, 9.17) is 0 Å². The number of aliphatic carboxylic acids is 1. The summed E-state index contributed by atoms with van der Waals surface area (Å²) in [7, 11) is 0. The fraction of sp³-hybridized carbons (Fsp3) is 0.917. The number of likely N-dealkylation sites (tertiary alicyclic amines) is 1. The van der Waals surface area contributed by atoms with Gasteiger partial charge in [-0.3, -0.25) is 4.79 Å². The second-order valence-electron chi connectivity index (χ2n) is 5.79. The minimum atomic E-state index is -1.02. The van der Waals surface area contributed by atoms with Gasteiger partial charge in [-0.2, -0.15) is 0 Å². The van der Waals surface area contributed by atoms with Crippen LogP contribution in [0, 0.1) is 5.41 Å². The lowest BCUT2D eigenvalue weighted by Gasteiger charge is -2.53. The van der Waals surface area contributed by atoms with E-state index in [-0.39, 0.29) is 0 Å². The molecular formula is C12H20N2O3. The predicted octanol–water partition coefficient (Wildman–Crippen LogP) is -0.350. The topological polar surface area (TPSA) is 72.8 Å². The van der Waals surface area contributed by atoms with Crippen molar-refractivity contribution < 1.29 is 15.0 Å². The van der Waals surface area contributed by atoms with Crippen LogP contribution in [0.5, 0.6) is 0 Å². The molecule has 2 saturated heterocycles. The first kappa shape index (κ1) is 11.4. The van der Waals surface area contributed by atoms with Crippen molar-refractivity contribution in [2.75, 3.05) is 26.2 Å². The van der Waals surface area contributed by atoms with E-state index in [0.29, 0.717) is 32.0 Å². The number of nitrogens with zero attached hydrogens (tertiary/aromatic N) is 1. The summed E-state index contributed by atoms with van der Waals surface area (Å²) in [5.41, 5.74) is -1.96. The van der Waals surface area contributed by atoms with E-state index in [1.807, 2.05) is 0 Å². The molecule has 1 saturated carbocycles. The van der Waals surface area contributed by atoms with Crippen LogP contribution in [0.15, 0.2) is 0 Å². The molecule has 5 nitrogen and oxygen atoms in total. The summed E-state index contributed by atoms with van der Waals surface area (Å²) < 4.78 is 0. The molecule has 0 spiro atoms. The number of aliphatic hydroxyl groups is 1. The average molecular weight is 240 g/mol. The van der Waals surface area contributed by atoms with Gasteiger partial charge in [0.2, 0.25) is 0 Å². The molecule has 0 amide bonds. The molecule has 2 aliphatic heterocycles. The highest BCUT2D eigenvalue weighted by Gasteiger charge is 2.60. The number of rotatable bonds is 3. The number of nitrogens with one attached hydrogen (secondary N) is 1. The number of carboxylic acids is 1. The van der Waals surface area contributed by atoms with Crippen molar-refractivity contribution in [2.24, 2.45) is 5.41 Å². The van der Waals surface area contributed by atoms with Crippen LogP contribution in [0.4, 0.5) is 0 Å². The summed E-state index contributed by atoms with van der Waals surface area (Å²) in [5, 5.41) is 23.1. The van der Waals surface area contributed by atoms with Crippen molar-refractivity contribution in [3.05, 3.63) is 0 Å². The van der Waals surface area contributed by atoms with E-state index in [1.54, 1.807) is 0 Å². The van der Waals surface area contributed by atoms with Crippen LogP contribution in [0.3, 0.4) is 0 Å². The lowest BCUT2D eigenvalue weighted by Crippen LogP contribution is -2.71. The molecule has 1 aliphatic carbocycles. The number of hydrogen-bond acceptors (Lipinski definition) is 4. The highest BCUT2D eigenvalue weighted by Crippen LogP contribution is 2.44. The van der Waals surface area contributed by atoms with Crippen LogP contribution < -0.4 is 5.32 Å². The molecule has 0 aromatic heterocycles.